The monoisotopic (exact) mass is 198 g/mol. The van der Waals surface area contributed by atoms with Gasteiger partial charge in [-0.05, 0) is 27.2 Å². The molecule has 0 saturated heterocycles. The van der Waals surface area contributed by atoms with Gasteiger partial charge in [0.1, 0.15) is 5.60 Å². The van der Waals surface area contributed by atoms with Crippen LogP contribution >= 0.6 is 0 Å². The van der Waals surface area contributed by atoms with Crippen LogP contribution in [0.3, 0.4) is 0 Å². The molecule has 0 aromatic rings. The molecule has 0 fully saturated rings. The lowest BCUT2D eigenvalue weighted by molar-refractivity contribution is 0.0347. The molecule has 4 heteroatoms. The Labute approximate surface area is 85.5 Å². The van der Waals surface area contributed by atoms with Crippen LogP contribution in [0.4, 0.5) is 4.79 Å². The second kappa shape index (κ2) is 5.48. The zero-order chi connectivity index (χ0) is 11.2. The molecule has 0 aliphatic carbocycles. The van der Waals surface area contributed by atoms with Crippen molar-refractivity contribution in [3.05, 3.63) is 0 Å². The third kappa shape index (κ3) is 5.41. The maximum atomic E-state index is 11.4. The van der Waals surface area contributed by atoms with E-state index in [-0.39, 0.29) is 0 Å². The molecule has 14 heavy (non-hydrogen) atoms. The minimum atomic E-state index is -0.562. The van der Waals surface area contributed by atoms with E-state index in [9.17, 15) is 4.79 Å². The number of carbonyl (C=O) groups is 1. The van der Waals surface area contributed by atoms with Crippen LogP contribution < -0.4 is 0 Å². The van der Waals surface area contributed by atoms with E-state index in [0.29, 0.717) is 6.54 Å². The minimum absolute atomic E-state index is 0.432. The first-order valence-electron chi connectivity index (χ1n) is 4.81. The number of unbranched alkanes of at least 4 members (excludes halogenated alkanes) is 1. The van der Waals surface area contributed by atoms with Crippen LogP contribution in [0, 0.1) is 11.5 Å². The van der Waals surface area contributed by atoms with Crippen molar-refractivity contribution in [2.75, 3.05) is 6.54 Å². The van der Waals surface area contributed by atoms with Gasteiger partial charge in [0.05, 0.1) is 0 Å². The number of ether oxygens (including phenoxy) is 1. The first-order valence-corrected chi connectivity index (χ1v) is 4.81. The highest BCUT2D eigenvalue weighted by Gasteiger charge is 2.21. The van der Waals surface area contributed by atoms with E-state index in [0.717, 1.165) is 17.7 Å². The lowest BCUT2D eigenvalue weighted by atomic mass is 10.2. The Kier molecular flexibility index (Phi) is 5.00. The highest BCUT2D eigenvalue weighted by Crippen LogP contribution is 2.09. The highest BCUT2D eigenvalue weighted by atomic mass is 16.6. The van der Waals surface area contributed by atoms with E-state index in [2.05, 4.69) is 0 Å². The number of hydrogen-bond donors (Lipinski definition) is 0. The number of nitriles is 1. The number of rotatable bonds is 3. The Hall–Kier alpha value is -1.24. The van der Waals surface area contributed by atoms with Crippen LogP contribution in [0.25, 0.3) is 0 Å². The molecule has 0 N–H and O–H groups in total. The maximum absolute atomic E-state index is 11.4. The molecule has 1 amide bonds. The molecular formula is C10H18N2O2. The summed E-state index contributed by atoms with van der Waals surface area (Å²) < 4.78 is 5.05. The fourth-order valence-corrected chi connectivity index (χ4v) is 0.815. The third-order valence-electron chi connectivity index (χ3n) is 1.47. The lowest BCUT2D eigenvalue weighted by Crippen LogP contribution is -2.34. The van der Waals surface area contributed by atoms with Crippen LogP contribution in [-0.2, 0) is 4.74 Å². The number of amides is 1. The van der Waals surface area contributed by atoms with E-state index < -0.39 is 11.7 Å². The lowest BCUT2D eigenvalue weighted by Gasteiger charge is -2.22. The fourth-order valence-electron chi connectivity index (χ4n) is 0.815. The summed E-state index contributed by atoms with van der Waals surface area (Å²) in [5, 5.41) is 8.70. The van der Waals surface area contributed by atoms with Gasteiger partial charge >= 0.3 is 6.09 Å². The fraction of sp³-hybridized carbons (Fsp3) is 0.800. The van der Waals surface area contributed by atoms with Crippen LogP contribution in [0.2, 0.25) is 0 Å². The molecule has 0 aliphatic rings. The highest BCUT2D eigenvalue weighted by molar-refractivity contribution is 5.69. The number of carbonyl (C=O) groups excluding carboxylic acids is 1. The minimum Gasteiger partial charge on any atom is -0.443 e. The number of nitrogens with zero attached hydrogens (tertiary/aromatic N) is 2. The Balaban J connectivity index is 4.13. The van der Waals surface area contributed by atoms with E-state index in [1.54, 1.807) is 20.8 Å². The molecule has 0 atom stereocenters. The van der Waals surface area contributed by atoms with Crippen LogP contribution in [0.1, 0.15) is 40.5 Å². The first kappa shape index (κ1) is 12.8. The van der Waals surface area contributed by atoms with Gasteiger partial charge in [-0.15, -0.1) is 0 Å². The molecule has 0 radical (unpaired) electrons. The van der Waals surface area contributed by atoms with Crippen LogP contribution in [-0.4, -0.2) is 23.1 Å². The summed E-state index contributed by atoms with van der Waals surface area (Å²) in [4.78, 5) is 12.4. The molecule has 0 aliphatic heterocycles. The van der Waals surface area contributed by atoms with Crippen LogP contribution in [0.15, 0.2) is 0 Å². The SMILES string of the molecule is CCCCN(C#N)C(=O)OC(C)(C)C. The topological polar surface area (TPSA) is 53.3 Å². The van der Waals surface area contributed by atoms with E-state index in [4.69, 9.17) is 10.00 Å². The smallest absolute Gasteiger partial charge is 0.423 e. The quantitative estimate of drug-likeness (QED) is 0.517. The summed E-state index contributed by atoms with van der Waals surface area (Å²) in [5.41, 5.74) is -0.543. The Bertz CT molecular complexity index is 225. The molecule has 0 unspecified atom stereocenters. The predicted molar refractivity (Wildman–Crippen MR) is 53.5 cm³/mol. The average molecular weight is 198 g/mol. The second-order valence-electron chi connectivity index (χ2n) is 4.09. The Morgan fingerprint density at radius 1 is 1.50 bits per heavy atom. The van der Waals surface area contributed by atoms with E-state index in [1.165, 1.54) is 0 Å². The van der Waals surface area contributed by atoms with Crippen molar-refractivity contribution in [2.45, 2.75) is 46.1 Å². The van der Waals surface area contributed by atoms with Crippen molar-refractivity contribution in [2.24, 2.45) is 0 Å². The van der Waals surface area contributed by atoms with Gasteiger partial charge in [0.25, 0.3) is 0 Å². The van der Waals surface area contributed by atoms with Crippen LogP contribution in [0.5, 0.6) is 0 Å². The molecule has 0 rings (SSSR count). The molecule has 0 saturated carbocycles. The van der Waals surface area contributed by atoms with Crippen molar-refractivity contribution in [1.29, 1.82) is 5.26 Å². The van der Waals surface area contributed by atoms with Crippen molar-refractivity contribution < 1.29 is 9.53 Å². The first-order chi connectivity index (χ1) is 6.40. The largest absolute Gasteiger partial charge is 0.443 e. The van der Waals surface area contributed by atoms with E-state index >= 15 is 0 Å². The van der Waals surface area contributed by atoms with Crippen molar-refractivity contribution >= 4 is 6.09 Å². The predicted octanol–water partition coefficient (Wildman–Crippen LogP) is 2.50. The summed E-state index contributed by atoms with van der Waals surface area (Å²) in [6.07, 6.45) is 3.01. The third-order valence-corrected chi connectivity index (χ3v) is 1.47. The Morgan fingerprint density at radius 3 is 2.43 bits per heavy atom. The standard InChI is InChI=1S/C10H18N2O2/c1-5-6-7-12(8-11)9(13)14-10(2,3)4/h5-7H2,1-4H3. The molecule has 0 heterocycles. The van der Waals surface area contributed by atoms with Gasteiger partial charge in [-0.25, -0.2) is 9.69 Å². The zero-order valence-electron chi connectivity index (χ0n) is 9.33. The van der Waals surface area contributed by atoms with Gasteiger partial charge < -0.3 is 4.74 Å². The normalized spacial score (nSPS) is 10.5. The molecular weight excluding hydrogens is 180 g/mol. The molecule has 4 nitrogen and oxygen atoms in total. The summed E-state index contributed by atoms with van der Waals surface area (Å²) >= 11 is 0. The van der Waals surface area contributed by atoms with Gasteiger partial charge in [-0.3, -0.25) is 0 Å². The van der Waals surface area contributed by atoms with Gasteiger partial charge in [-0.2, -0.15) is 5.26 Å². The summed E-state index contributed by atoms with van der Waals surface area (Å²) in [5.74, 6) is 0. The van der Waals surface area contributed by atoms with Crippen molar-refractivity contribution in [3.63, 3.8) is 0 Å². The van der Waals surface area contributed by atoms with Gasteiger partial charge in [0.2, 0.25) is 0 Å². The van der Waals surface area contributed by atoms with Crippen molar-refractivity contribution in [1.82, 2.24) is 4.90 Å². The van der Waals surface area contributed by atoms with Gasteiger partial charge in [0, 0.05) is 6.54 Å². The van der Waals surface area contributed by atoms with E-state index in [1.807, 2.05) is 13.1 Å². The summed E-state index contributed by atoms with van der Waals surface area (Å²) in [6.45, 7) is 7.77. The molecule has 0 aromatic carbocycles. The summed E-state index contributed by atoms with van der Waals surface area (Å²) in [7, 11) is 0. The van der Waals surface area contributed by atoms with Gasteiger partial charge in [-0.1, -0.05) is 13.3 Å². The van der Waals surface area contributed by atoms with Crippen molar-refractivity contribution in [3.8, 4) is 6.19 Å². The molecule has 0 spiro atoms. The molecule has 0 aromatic heterocycles. The summed E-state index contributed by atoms with van der Waals surface area (Å²) in [6, 6.07) is 0. The zero-order valence-corrected chi connectivity index (χ0v) is 9.33. The maximum Gasteiger partial charge on any atom is 0.423 e. The van der Waals surface area contributed by atoms with Gasteiger partial charge in [0.15, 0.2) is 6.19 Å². The second-order valence-corrected chi connectivity index (χ2v) is 4.09. The Morgan fingerprint density at radius 2 is 2.07 bits per heavy atom. The molecule has 0 bridgehead atoms. The number of hydrogen-bond acceptors (Lipinski definition) is 3. The molecule has 80 valence electrons. The average Bonchev–Trinajstić information content (AvgIpc) is 2.02.